The van der Waals surface area contributed by atoms with Crippen LogP contribution in [-0.2, 0) is 7.05 Å². The number of para-hydroxylation sites is 1. The van der Waals surface area contributed by atoms with Crippen LogP contribution < -0.4 is 15.5 Å². The minimum Gasteiger partial charge on any atom is -0.370 e. The van der Waals surface area contributed by atoms with Crippen LogP contribution in [0.3, 0.4) is 0 Å². The molecule has 7 heteroatoms. The van der Waals surface area contributed by atoms with Gasteiger partial charge in [-0.15, -0.1) is 10.2 Å². The SMILES string of the molecule is Cc1nnc(NC(=O)NCC(C)N(C)c2ccccc2)n1C. The van der Waals surface area contributed by atoms with E-state index in [2.05, 4.69) is 32.7 Å². The first-order valence-corrected chi connectivity index (χ1v) is 7.17. The first kappa shape index (κ1) is 15.8. The Morgan fingerprint density at radius 1 is 1.32 bits per heavy atom. The van der Waals surface area contributed by atoms with Crippen LogP contribution in [0.5, 0.6) is 0 Å². The molecular formula is C15H22N6O. The van der Waals surface area contributed by atoms with Crippen LogP contribution in [0.2, 0.25) is 0 Å². The number of nitrogens with one attached hydrogen (secondary N) is 2. The summed E-state index contributed by atoms with van der Waals surface area (Å²) < 4.78 is 1.72. The number of anilines is 2. The quantitative estimate of drug-likeness (QED) is 0.882. The van der Waals surface area contributed by atoms with Crippen molar-refractivity contribution in [2.24, 2.45) is 7.05 Å². The molecule has 1 atom stereocenters. The monoisotopic (exact) mass is 302 g/mol. The van der Waals surface area contributed by atoms with Gasteiger partial charge in [-0.05, 0) is 26.0 Å². The van der Waals surface area contributed by atoms with E-state index < -0.39 is 0 Å². The van der Waals surface area contributed by atoms with Gasteiger partial charge in [0.05, 0.1) is 0 Å². The molecule has 1 aromatic heterocycles. The second kappa shape index (κ2) is 6.93. The third-order valence-electron chi connectivity index (χ3n) is 3.70. The first-order valence-electron chi connectivity index (χ1n) is 7.17. The molecule has 0 bridgehead atoms. The number of likely N-dealkylation sites (N-methyl/N-ethyl adjacent to an activating group) is 1. The normalized spacial score (nSPS) is 11.8. The van der Waals surface area contributed by atoms with Crippen LogP contribution in [0.4, 0.5) is 16.4 Å². The standard InChI is InChI=1S/C15H22N6O/c1-11(20(3)13-8-6-5-7-9-13)10-16-15(22)17-14-19-18-12(2)21(14)4/h5-9,11H,10H2,1-4H3,(H2,16,17,19,22). The fourth-order valence-corrected chi connectivity index (χ4v) is 1.96. The van der Waals surface area contributed by atoms with E-state index in [9.17, 15) is 4.79 Å². The summed E-state index contributed by atoms with van der Waals surface area (Å²) in [5.74, 6) is 1.17. The number of hydrogen-bond donors (Lipinski definition) is 2. The molecule has 2 amide bonds. The summed E-state index contributed by atoms with van der Waals surface area (Å²) in [5, 5.41) is 13.3. The number of aromatic nitrogens is 3. The highest BCUT2D eigenvalue weighted by Gasteiger charge is 2.13. The Bertz CT molecular complexity index is 624. The van der Waals surface area contributed by atoms with Gasteiger partial charge in [0.15, 0.2) is 0 Å². The number of carbonyl (C=O) groups excluding carboxylic acids is 1. The summed E-state index contributed by atoms with van der Waals surface area (Å²) in [4.78, 5) is 14.0. The minimum absolute atomic E-state index is 0.161. The number of benzene rings is 1. The van der Waals surface area contributed by atoms with Gasteiger partial charge in [-0.3, -0.25) is 5.32 Å². The summed E-state index contributed by atoms with van der Waals surface area (Å²) in [6.07, 6.45) is 0. The predicted molar refractivity (Wildman–Crippen MR) is 87.1 cm³/mol. The average molecular weight is 302 g/mol. The molecule has 0 saturated heterocycles. The molecule has 2 aromatic rings. The molecule has 0 saturated carbocycles. The van der Waals surface area contributed by atoms with Gasteiger partial charge in [0.2, 0.25) is 5.95 Å². The van der Waals surface area contributed by atoms with E-state index in [4.69, 9.17) is 0 Å². The zero-order chi connectivity index (χ0) is 16.1. The number of urea groups is 1. The Morgan fingerprint density at radius 2 is 2.00 bits per heavy atom. The second-order valence-corrected chi connectivity index (χ2v) is 5.26. The second-order valence-electron chi connectivity index (χ2n) is 5.26. The lowest BCUT2D eigenvalue weighted by atomic mass is 10.2. The number of hydrogen-bond acceptors (Lipinski definition) is 4. The molecule has 2 rings (SSSR count). The first-order chi connectivity index (χ1) is 10.5. The fraction of sp³-hybridized carbons (Fsp3) is 0.400. The molecule has 0 radical (unpaired) electrons. The molecule has 0 spiro atoms. The molecule has 118 valence electrons. The van der Waals surface area contributed by atoms with E-state index in [1.807, 2.05) is 44.3 Å². The van der Waals surface area contributed by atoms with E-state index >= 15 is 0 Å². The molecule has 0 aliphatic heterocycles. The molecule has 22 heavy (non-hydrogen) atoms. The van der Waals surface area contributed by atoms with Crippen molar-refractivity contribution in [1.29, 1.82) is 0 Å². The maximum atomic E-state index is 11.9. The van der Waals surface area contributed by atoms with Gasteiger partial charge in [-0.2, -0.15) is 0 Å². The average Bonchev–Trinajstić information content (AvgIpc) is 2.84. The Morgan fingerprint density at radius 3 is 2.59 bits per heavy atom. The lowest BCUT2D eigenvalue weighted by molar-refractivity contribution is 0.251. The van der Waals surface area contributed by atoms with Crippen molar-refractivity contribution in [3.8, 4) is 0 Å². The van der Waals surface area contributed by atoms with Crippen molar-refractivity contribution in [2.45, 2.75) is 19.9 Å². The van der Waals surface area contributed by atoms with Crippen LogP contribution in [0.25, 0.3) is 0 Å². The largest absolute Gasteiger partial charge is 0.370 e. The number of rotatable bonds is 5. The van der Waals surface area contributed by atoms with Gasteiger partial charge in [-0.1, -0.05) is 18.2 Å². The van der Waals surface area contributed by atoms with Crippen molar-refractivity contribution in [3.05, 3.63) is 36.2 Å². The number of aryl methyl sites for hydroxylation is 1. The van der Waals surface area contributed by atoms with Crippen molar-refractivity contribution in [2.75, 3.05) is 23.8 Å². The highest BCUT2D eigenvalue weighted by Crippen LogP contribution is 2.13. The molecule has 0 aliphatic carbocycles. The van der Waals surface area contributed by atoms with E-state index in [0.717, 1.165) is 11.5 Å². The number of amides is 2. The molecular weight excluding hydrogens is 280 g/mol. The van der Waals surface area contributed by atoms with Crippen LogP contribution >= 0.6 is 0 Å². The van der Waals surface area contributed by atoms with Crippen LogP contribution in [0.1, 0.15) is 12.7 Å². The topological polar surface area (TPSA) is 75.1 Å². The van der Waals surface area contributed by atoms with Gasteiger partial charge in [0.1, 0.15) is 5.82 Å². The van der Waals surface area contributed by atoms with E-state index in [0.29, 0.717) is 12.5 Å². The van der Waals surface area contributed by atoms with Crippen molar-refractivity contribution in [3.63, 3.8) is 0 Å². The van der Waals surface area contributed by atoms with Crippen molar-refractivity contribution in [1.82, 2.24) is 20.1 Å². The van der Waals surface area contributed by atoms with Gasteiger partial charge in [0.25, 0.3) is 0 Å². The van der Waals surface area contributed by atoms with E-state index in [-0.39, 0.29) is 12.1 Å². The number of nitrogens with zero attached hydrogens (tertiary/aromatic N) is 4. The third kappa shape index (κ3) is 3.75. The predicted octanol–water partition coefficient (Wildman–Crippen LogP) is 1.77. The molecule has 7 nitrogen and oxygen atoms in total. The van der Waals surface area contributed by atoms with Crippen LogP contribution in [-0.4, -0.2) is 40.4 Å². The number of carbonyl (C=O) groups is 1. The molecule has 1 unspecified atom stereocenters. The smallest absolute Gasteiger partial charge is 0.321 e. The van der Waals surface area contributed by atoms with Gasteiger partial charge in [0, 0.05) is 32.4 Å². The molecule has 1 aromatic carbocycles. The summed E-state index contributed by atoms with van der Waals surface area (Å²) in [6, 6.07) is 9.93. The van der Waals surface area contributed by atoms with Crippen molar-refractivity contribution < 1.29 is 4.79 Å². The fourth-order valence-electron chi connectivity index (χ4n) is 1.96. The highest BCUT2D eigenvalue weighted by atomic mass is 16.2. The Hall–Kier alpha value is -2.57. The Kier molecular flexibility index (Phi) is 4.98. The maximum Gasteiger partial charge on any atom is 0.321 e. The minimum atomic E-state index is -0.288. The molecule has 0 fully saturated rings. The van der Waals surface area contributed by atoms with Crippen LogP contribution in [0, 0.1) is 6.92 Å². The van der Waals surface area contributed by atoms with Gasteiger partial charge >= 0.3 is 6.03 Å². The van der Waals surface area contributed by atoms with Crippen LogP contribution in [0.15, 0.2) is 30.3 Å². The Balaban J connectivity index is 1.84. The summed E-state index contributed by atoms with van der Waals surface area (Å²) in [5.41, 5.74) is 1.11. The van der Waals surface area contributed by atoms with E-state index in [1.165, 1.54) is 0 Å². The third-order valence-corrected chi connectivity index (χ3v) is 3.70. The van der Waals surface area contributed by atoms with Gasteiger partial charge in [-0.25, -0.2) is 4.79 Å². The zero-order valence-corrected chi connectivity index (χ0v) is 13.4. The molecule has 2 N–H and O–H groups in total. The zero-order valence-electron chi connectivity index (χ0n) is 13.4. The van der Waals surface area contributed by atoms with Gasteiger partial charge < -0.3 is 14.8 Å². The summed E-state index contributed by atoms with van der Waals surface area (Å²) in [7, 11) is 3.81. The van der Waals surface area contributed by atoms with Crippen molar-refractivity contribution >= 4 is 17.7 Å². The molecule has 1 heterocycles. The van der Waals surface area contributed by atoms with E-state index in [1.54, 1.807) is 11.6 Å². The Labute approximate surface area is 130 Å². The highest BCUT2D eigenvalue weighted by molar-refractivity contribution is 5.87. The maximum absolute atomic E-state index is 11.9. The lowest BCUT2D eigenvalue weighted by Crippen LogP contribution is -2.42. The molecule has 0 aliphatic rings. The summed E-state index contributed by atoms with van der Waals surface area (Å²) >= 11 is 0. The lowest BCUT2D eigenvalue weighted by Gasteiger charge is -2.27. The summed E-state index contributed by atoms with van der Waals surface area (Å²) in [6.45, 7) is 4.40.